The molecule has 4 nitrogen and oxygen atoms in total. The first-order valence-corrected chi connectivity index (χ1v) is 6.62. The lowest BCUT2D eigenvalue weighted by Crippen LogP contribution is -2.51. The maximum absolute atomic E-state index is 12.0. The molecular weight excluding hydrogens is 240 g/mol. The standard InChI is InChI=1S/C15H20N2O2/c1-10-6-4-5-7-12(10)11(2)16-13-8-9-14(18)17(3)15(13)19/h4-7,11,13,16H,8-9H2,1-3H3. The fraction of sp³-hybridized carbons (Fsp3) is 0.467. The van der Waals surface area contributed by atoms with Crippen molar-refractivity contribution in [2.45, 2.75) is 38.8 Å². The molecule has 1 aromatic rings. The van der Waals surface area contributed by atoms with E-state index in [9.17, 15) is 9.59 Å². The van der Waals surface area contributed by atoms with Crippen molar-refractivity contribution in [1.29, 1.82) is 0 Å². The summed E-state index contributed by atoms with van der Waals surface area (Å²) < 4.78 is 0. The van der Waals surface area contributed by atoms with Crippen molar-refractivity contribution in [2.24, 2.45) is 0 Å². The van der Waals surface area contributed by atoms with Crippen LogP contribution in [0.1, 0.15) is 36.9 Å². The maximum Gasteiger partial charge on any atom is 0.246 e. The number of carbonyl (C=O) groups excluding carboxylic acids is 2. The van der Waals surface area contributed by atoms with Crippen LogP contribution in [-0.2, 0) is 9.59 Å². The molecule has 102 valence electrons. The lowest BCUT2D eigenvalue weighted by Gasteiger charge is -2.30. The smallest absolute Gasteiger partial charge is 0.246 e. The largest absolute Gasteiger partial charge is 0.299 e. The van der Waals surface area contributed by atoms with Gasteiger partial charge in [-0.25, -0.2) is 0 Å². The molecule has 1 aliphatic heterocycles. The topological polar surface area (TPSA) is 49.4 Å². The summed E-state index contributed by atoms with van der Waals surface area (Å²) in [5, 5.41) is 3.33. The molecule has 0 saturated carbocycles. The lowest BCUT2D eigenvalue weighted by atomic mass is 9.99. The molecule has 19 heavy (non-hydrogen) atoms. The number of hydrogen-bond acceptors (Lipinski definition) is 3. The highest BCUT2D eigenvalue weighted by molar-refractivity contribution is 6.00. The molecule has 4 heteroatoms. The Morgan fingerprint density at radius 3 is 2.68 bits per heavy atom. The third kappa shape index (κ3) is 2.84. The van der Waals surface area contributed by atoms with Gasteiger partial charge in [0.1, 0.15) is 0 Å². The molecule has 1 fully saturated rings. The Kier molecular flexibility index (Phi) is 4.00. The van der Waals surface area contributed by atoms with Crippen molar-refractivity contribution in [3.63, 3.8) is 0 Å². The summed E-state index contributed by atoms with van der Waals surface area (Å²) in [6, 6.07) is 7.96. The van der Waals surface area contributed by atoms with Gasteiger partial charge >= 0.3 is 0 Å². The summed E-state index contributed by atoms with van der Waals surface area (Å²) in [5.74, 6) is -0.219. The third-order valence-electron chi connectivity index (χ3n) is 3.76. The van der Waals surface area contributed by atoms with E-state index in [-0.39, 0.29) is 23.9 Å². The molecule has 1 heterocycles. The molecule has 2 amide bonds. The van der Waals surface area contributed by atoms with Crippen LogP contribution < -0.4 is 5.32 Å². The fourth-order valence-electron chi connectivity index (χ4n) is 2.53. The maximum atomic E-state index is 12.0. The van der Waals surface area contributed by atoms with Crippen LogP contribution in [0.5, 0.6) is 0 Å². The number of carbonyl (C=O) groups is 2. The average Bonchev–Trinajstić information content (AvgIpc) is 2.40. The number of imide groups is 1. The van der Waals surface area contributed by atoms with Crippen LogP contribution in [0.25, 0.3) is 0 Å². The van der Waals surface area contributed by atoms with Crippen molar-refractivity contribution in [3.8, 4) is 0 Å². The second-order valence-electron chi connectivity index (χ2n) is 5.13. The highest BCUT2D eigenvalue weighted by atomic mass is 16.2. The molecule has 2 unspecified atom stereocenters. The van der Waals surface area contributed by atoms with Crippen molar-refractivity contribution in [1.82, 2.24) is 10.2 Å². The normalized spacial score (nSPS) is 21.6. The zero-order valence-corrected chi connectivity index (χ0v) is 11.6. The van der Waals surface area contributed by atoms with Crippen molar-refractivity contribution < 1.29 is 9.59 Å². The highest BCUT2D eigenvalue weighted by Gasteiger charge is 2.32. The van der Waals surface area contributed by atoms with Crippen LogP contribution in [0.15, 0.2) is 24.3 Å². The molecule has 2 atom stereocenters. The number of rotatable bonds is 3. The van der Waals surface area contributed by atoms with Gasteiger partial charge in [0.05, 0.1) is 6.04 Å². The van der Waals surface area contributed by atoms with E-state index in [1.54, 1.807) is 7.05 Å². The number of benzene rings is 1. The van der Waals surface area contributed by atoms with E-state index < -0.39 is 0 Å². The first-order chi connectivity index (χ1) is 9.00. The zero-order chi connectivity index (χ0) is 14.0. The molecule has 0 aliphatic carbocycles. The lowest BCUT2D eigenvalue weighted by molar-refractivity contribution is -0.148. The summed E-state index contributed by atoms with van der Waals surface area (Å²) in [7, 11) is 1.55. The van der Waals surface area contributed by atoms with Gasteiger partial charge in [-0.3, -0.25) is 19.8 Å². The summed E-state index contributed by atoms with van der Waals surface area (Å²) in [5.41, 5.74) is 2.39. The van der Waals surface area contributed by atoms with E-state index in [4.69, 9.17) is 0 Å². The van der Waals surface area contributed by atoms with Gasteiger partial charge < -0.3 is 0 Å². The van der Waals surface area contributed by atoms with Crippen LogP contribution in [0, 0.1) is 6.92 Å². The summed E-state index contributed by atoms with van der Waals surface area (Å²) >= 11 is 0. The number of nitrogens with zero attached hydrogens (tertiary/aromatic N) is 1. The minimum atomic E-state index is -0.266. The van der Waals surface area contributed by atoms with Gasteiger partial charge in [-0.15, -0.1) is 0 Å². The number of nitrogens with one attached hydrogen (secondary N) is 1. The zero-order valence-electron chi connectivity index (χ0n) is 11.6. The predicted molar refractivity (Wildman–Crippen MR) is 73.5 cm³/mol. The molecule has 2 rings (SSSR count). The first kappa shape index (κ1) is 13.7. The third-order valence-corrected chi connectivity index (χ3v) is 3.76. The van der Waals surface area contributed by atoms with Gasteiger partial charge in [0, 0.05) is 19.5 Å². The fourth-order valence-corrected chi connectivity index (χ4v) is 2.53. The van der Waals surface area contributed by atoms with Gasteiger partial charge in [0.2, 0.25) is 11.8 Å². The molecule has 1 aromatic carbocycles. The Bertz CT molecular complexity index is 499. The second-order valence-corrected chi connectivity index (χ2v) is 5.13. The van der Waals surface area contributed by atoms with Crippen LogP contribution in [0.2, 0.25) is 0 Å². The number of piperidine rings is 1. The van der Waals surface area contributed by atoms with E-state index in [1.807, 2.05) is 19.1 Å². The Hall–Kier alpha value is -1.68. The summed E-state index contributed by atoms with van der Waals surface area (Å²) in [4.78, 5) is 24.7. The van der Waals surface area contributed by atoms with Crippen LogP contribution >= 0.6 is 0 Å². The van der Waals surface area contributed by atoms with Gasteiger partial charge in [0.25, 0.3) is 0 Å². The Morgan fingerprint density at radius 2 is 2.00 bits per heavy atom. The van der Waals surface area contributed by atoms with Gasteiger partial charge in [-0.1, -0.05) is 24.3 Å². The minimum absolute atomic E-state index is 0.0911. The quantitative estimate of drug-likeness (QED) is 0.843. The molecule has 1 aliphatic rings. The van der Waals surface area contributed by atoms with Crippen LogP contribution in [-0.4, -0.2) is 29.8 Å². The second kappa shape index (κ2) is 5.53. The Labute approximate surface area is 113 Å². The number of aryl methyl sites for hydroxylation is 1. The Balaban J connectivity index is 2.07. The van der Waals surface area contributed by atoms with E-state index in [0.29, 0.717) is 12.8 Å². The van der Waals surface area contributed by atoms with Gasteiger partial charge in [-0.05, 0) is 31.4 Å². The molecular formula is C15H20N2O2. The molecule has 0 spiro atoms. The van der Waals surface area contributed by atoms with E-state index in [2.05, 4.69) is 24.4 Å². The number of amides is 2. The SMILES string of the molecule is Cc1ccccc1C(C)NC1CCC(=O)N(C)C1=O. The molecule has 1 N–H and O–H groups in total. The van der Waals surface area contributed by atoms with Gasteiger partial charge in [0.15, 0.2) is 0 Å². The molecule has 0 bridgehead atoms. The summed E-state index contributed by atoms with van der Waals surface area (Å²) in [6.45, 7) is 4.11. The predicted octanol–water partition coefficient (Wildman–Crippen LogP) is 1.79. The average molecular weight is 260 g/mol. The van der Waals surface area contributed by atoms with E-state index >= 15 is 0 Å². The number of likely N-dealkylation sites (tertiary alicyclic amines) is 1. The molecule has 0 aromatic heterocycles. The summed E-state index contributed by atoms with van der Waals surface area (Å²) in [6.07, 6.45) is 1.01. The van der Waals surface area contributed by atoms with Gasteiger partial charge in [-0.2, -0.15) is 0 Å². The van der Waals surface area contributed by atoms with Crippen LogP contribution in [0.4, 0.5) is 0 Å². The number of hydrogen-bond donors (Lipinski definition) is 1. The minimum Gasteiger partial charge on any atom is -0.299 e. The highest BCUT2D eigenvalue weighted by Crippen LogP contribution is 2.20. The first-order valence-electron chi connectivity index (χ1n) is 6.62. The van der Waals surface area contributed by atoms with Crippen molar-refractivity contribution in [2.75, 3.05) is 7.05 Å². The van der Waals surface area contributed by atoms with Crippen LogP contribution in [0.3, 0.4) is 0 Å². The monoisotopic (exact) mass is 260 g/mol. The Morgan fingerprint density at radius 1 is 1.32 bits per heavy atom. The number of likely N-dealkylation sites (N-methyl/N-ethyl adjacent to an activating group) is 1. The van der Waals surface area contributed by atoms with E-state index in [0.717, 1.165) is 0 Å². The van der Waals surface area contributed by atoms with E-state index in [1.165, 1.54) is 16.0 Å². The van der Waals surface area contributed by atoms with Crippen molar-refractivity contribution >= 4 is 11.8 Å². The van der Waals surface area contributed by atoms with Crippen molar-refractivity contribution in [3.05, 3.63) is 35.4 Å². The molecule has 1 saturated heterocycles. The molecule has 0 radical (unpaired) electrons.